The van der Waals surface area contributed by atoms with Crippen LogP contribution in [0.25, 0.3) is 0 Å². The second-order valence-electron chi connectivity index (χ2n) is 8.19. The Balaban J connectivity index is 1.45. The van der Waals surface area contributed by atoms with Crippen LogP contribution in [0.15, 0.2) is 0 Å². The van der Waals surface area contributed by atoms with Crippen LogP contribution in [0.2, 0.25) is 0 Å². The minimum atomic E-state index is -0.913. The van der Waals surface area contributed by atoms with E-state index in [1.165, 1.54) is 32.1 Å². The van der Waals surface area contributed by atoms with Gasteiger partial charge in [-0.25, -0.2) is 4.39 Å². The van der Waals surface area contributed by atoms with Gasteiger partial charge in [-0.3, -0.25) is 9.69 Å². The fourth-order valence-electron chi connectivity index (χ4n) is 5.56. The number of nitrogens with zero attached hydrogens (tertiary/aromatic N) is 2. The van der Waals surface area contributed by atoms with E-state index in [9.17, 15) is 9.18 Å². The monoisotopic (exact) mass is 338 g/mol. The van der Waals surface area contributed by atoms with Crippen molar-refractivity contribution in [3.63, 3.8) is 0 Å². The number of carbonyl (C=O) groups is 1. The zero-order valence-electron chi connectivity index (χ0n) is 14.5. The van der Waals surface area contributed by atoms with E-state index >= 15 is 0 Å². The van der Waals surface area contributed by atoms with Crippen LogP contribution in [-0.2, 0) is 4.79 Å². The number of fused-ring (bicyclic) bond motifs is 1. The lowest BCUT2D eigenvalue weighted by Crippen LogP contribution is -2.71. The van der Waals surface area contributed by atoms with Crippen LogP contribution in [0, 0.1) is 5.92 Å². The number of alkyl halides is 1. The van der Waals surface area contributed by atoms with Crippen LogP contribution in [-0.4, -0.2) is 72.2 Å². The molecule has 4 unspecified atom stereocenters. The number of piperidine rings is 1. The Morgan fingerprint density at radius 2 is 1.92 bits per heavy atom. The quantitative estimate of drug-likeness (QED) is 0.785. The molecule has 0 aromatic carbocycles. The van der Waals surface area contributed by atoms with Gasteiger partial charge in [0, 0.05) is 50.7 Å². The third-order valence-corrected chi connectivity index (χ3v) is 6.83. The summed E-state index contributed by atoms with van der Waals surface area (Å²) < 4.78 is 14.8. The summed E-state index contributed by atoms with van der Waals surface area (Å²) in [6, 6.07) is 0.163. The number of hydrogen-bond donors (Lipinski definition) is 2. The number of rotatable bonds is 2. The van der Waals surface area contributed by atoms with Gasteiger partial charge in [0.1, 0.15) is 6.17 Å². The first-order valence-corrected chi connectivity index (χ1v) is 9.81. The Labute approximate surface area is 144 Å². The van der Waals surface area contributed by atoms with Crippen molar-refractivity contribution in [2.75, 3.05) is 26.2 Å². The predicted octanol–water partition coefficient (Wildman–Crippen LogP) is 0.879. The molecule has 4 fully saturated rings. The number of hydrogen-bond acceptors (Lipinski definition) is 4. The highest BCUT2D eigenvalue weighted by Crippen LogP contribution is 2.33. The highest BCUT2D eigenvalue weighted by molar-refractivity contribution is 5.78. The first-order valence-electron chi connectivity index (χ1n) is 9.81. The Morgan fingerprint density at radius 3 is 2.71 bits per heavy atom. The second-order valence-corrected chi connectivity index (χ2v) is 8.19. The van der Waals surface area contributed by atoms with E-state index in [0.29, 0.717) is 18.9 Å². The van der Waals surface area contributed by atoms with Gasteiger partial charge in [-0.1, -0.05) is 19.3 Å². The Kier molecular flexibility index (Phi) is 4.80. The van der Waals surface area contributed by atoms with E-state index in [4.69, 9.17) is 5.73 Å². The van der Waals surface area contributed by atoms with Gasteiger partial charge in [0.05, 0.1) is 6.04 Å². The lowest BCUT2D eigenvalue weighted by atomic mass is 9.76. The van der Waals surface area contributed by atoms with Crippen LogP contribution in [0.4, 0.5) is 4.39 Å². The predicted molar refractivity (Wildman–Crippen MR) is 91.3 cm³/mol. The molecule has 3 heterocycles. The minimum Gasteiger partial charge on any atom is -0.337 e. The molecule has 24 heavy (non-hydrogen) atoms. The van der Waals surface area contributed by atoms with Gasteiger partial charge in [0.25, 0.3) is 0 Å². The fourth-order valence-corrected chi connectivity index (χ4v) is 5.56. The van der Waals surface area contributed by atoms with Crippen molar-refractivity contribution in [2.45, 2.75) is 75.3 Å². The Hall–Kier alpha value is -0.720. The second kappa shape index (κ2) is 6.89. The standard InChI is InChI=1S/C18H31FN4O/c19-14-10-21-17(12-4-2-1-3-5-12)16(20)18(14)22-8-9-23-13(11-22)6-7-15(23)24/h12-14,16-18,21H,1-11,20H2/t13-,14?,16?,17?,18?/m0/s1. The van der Waals surface area contributed by atoms with Crippen molar-refractivity contribution < 1.29 is 9.18 Å². The maximum atomic E-state index is 14.8. The first kappa shape index (κ1) is 16.7. The van der Waals surface area contributed by atoms with Crippen molar-refractivity contribution in [2.24, 2.45) is 11.7 Å². The molecule has 0 aromatic rings. The highest BCUT2D eigenvalue weighted by atomic mass is 19.1. The first-order chi connectivity index (χ1) is 11.6. The molecule has 3 saturated heterocycles. The van der Waals surface area contributed by atoms with Crippen molar-refractivity contribution >= 4 is 5.91 Å². The zero-order chi connectivity index (χ0) is 16.7. The molecule has 1 saturated carbocycles. The molecule has 1 aliphatic carbocycles. The van der Waals surface area contributed by atoms with Gasteiger partial charge in [0.2, 0.25) is 5.91 Å². The van der Waals surface area contributed by atoms with Gasteiger partial charge in [0.15, 0.2) is 0 Å². The third kappa shape index (κ3) is 2.97. The van der Waals surface area contributed by atoms with Crippen LogP contribution in [0.1, 0.15) is 44.9 Å². The van der Waals surface area contributed by atoms with Gasteiger partial charge >= 0.3 is 0 Å². The van der Waals surface area contributed by atoms with E-state index in [-0.39, 0.29) is 30.1 Å². The molecule has 1 amide bonds. The van der Waals surface area contributed by atoms with E-state index in [1.807, 2.05) is 4.90 Å². The normalized spacial score (nSPS) is 42.3. The summed E-state index contributed by atoms with van der Waals surface area (Å²) in [6.45, 7) is 2.71. The van der Waals surface area contributed by atoms with Crippen molar-refractivity contribution in [1.82, 2.24) is 15.1 Å². The van der Waals surface area contributed by atoms with Gasteiger partial charge in [-0.05, 0) is 25.2 Å². The van der Waals surface area contributed by atoms with Crippen molar-refractivity contribution in [3.8, 4) is 0 Å². The number of amides is 1. The molecule has 0 radical (unpaired) electrons. The van der Waals surface area contributed by atoms with Crippen LogP contribution in [0.3, 0.4) is 0 Å². The Morgan fingerprint density at radius 1 is 1.12 bits per heavy atom. The van der Waals surface area contributed by atoms with Crippen LogP contribution >= 0.6 is 0 Å². The molecule has 0 spiro atoms. The fraction of sp³-hybridized carbons (Fsp3) is 0.944. The summed E-state index contributed by atoms with van der Waals surface area (Å²) in [4.78, 5) is 16.1. The largest absolute Gasteiger partial charge is 0.337 e. The lowest BCUT2D eigenvalue weighted by molar-refractivity contribution is -0.131. The van der Waals surface area contributed by atoms with Crippen molar-refractivity contribution in [1.29, 1.82) is 0 Å². The molecule has 5 atom stereocenters. The highest BCUT2D eigenvalue weighted by Gasteiger charge is 2.46. The zero-order valence-corrected chi connectivity index (χ0v) is 14.5. The SMILES string of the molecule is NC1C(C2CCCCC2)NCC(F)C1N1CCN2C(=O)CC[C@H]2C1. The van der Waals surface area contributed by atoms with Gasteiger partial charge < -0.3 is 16.0 Å². The number of halogens is 1. The minimum absolute atomic E-state index is 0.152. The number of nitrogens with two attached hydrogens (primary N) is 1. The summed E-state index contributed by atoms with van der Waals surface area (Å²) in [5, 5.41) is 3.42. The molecule has 0 bridgehead atoms. The van der Waals surface area contributed by atoms with E-state index in [1.54, 1.807) is 0 Å². The maximum Gasteiger partial charge on any atom is 0.222 e. The molecule has 6 heteroatoms. The van der Waals surface area contributed by atoms with E-state index in [0.717, 1.165) is 26.1 Å². The smallest absolute Gasteiger partial charge is 0.222 e. The third-order valence-electron chi connectivity index (χ3n) is 6.83. The van der Waals surface area contributed by atoms with Crippen molar-refractivity contribution in [3.05, 3.63) is 0 Å². The van der Waals surface area contributed by atoms with Crippen LogP contribution < -0.4 is 11.1 Å². The molecular weight excluding hydrogens is 307 g/mol. The molecule has 5 nitrogen and oxygen atoms in total. The molecule has 0 aromatic heterocycles. The summed E-state index contributed by atoms with van der Waals surface area (Å²) in [7, 11) is 0. The lowest BCUT2D eigenvalue weighted by Gasteiger charge is -2.50. The number of nitrogens with one attached hydrogen (secondary N) is 1. The molecule has 3 N–H and O–H groups in total. The Bertz CT molecular complexity index is 470. The molecule has 4 aliphatic rings. The molecule has 136 valence electrons. The number of carbonyl (C=O) groups excluding carboxylic acids is 1. The summed E-state index contributed by atoms with van der Waals surface area (Å²) in [5.41, 5.74) is 6.62. The molecular formula is C18H31FN4O. The average Bonchev–Trinajstić information content (AvgIpc) is 2.96. The molecule has 3 aliphatic heterocycles. The summed E-state index contributed by atoms with van der Waals surface area (Å²) in [6.07, 6.45) is 6.98. The number of piperazine rings is 1. The van der Waals surface area contributed by atoms with Gasteiger partial charge in [-0.2, -0.15) is 0 Å². The molecule has 4 rings (SSSR count). The average molecular weight is 338 g/mol. The van der Waals surface area contributed by atoms with Gasteiger partial charge in [-0.15, -0.1) is 0 Å². The van der Waals surface area contributed by atoms with Crippen LogP contribution in [0.5, 0.6) is 0 Å². The topological polar surface area (TPSA) is 61.6 Å². The maximum absolute atomic E-state index is 14.8. The summed E-state index contributed by atoms with van der Waals surface area (Å²) in [5.74, 6) is 0.865. The van der Waals surface area contributed by atoms with E-state index in [2.05, 4.69) is 10.2 Å². The summed E-state index contributed by atoms with van der Waals surface area (Å²) >= 11 is 0. The van der Waals surface area contributed by atoms with E-state index < -0.39 is 6.17 Å².